The average Bonchev–Trinajstić information content (AvgIpc) is 2.53. The normalized spacial score (nSPS) is 10.2. The fraction of sp³-hybridized carbons (Fsp3) is 0.250. The summed E-state index contributed by atoms with van der Waals surface area (Å²) >= 11 is 0. The van der Waals surface area contributed by atoms with Gasteiger partial charge >= 0.3 is 0 Å². The quantitative estimate of drug-likeness (QED) is 0.917. The maximum absolute atomic E-state index is 12.5. The highest BCUT2D eigenvalue weighted by molar-refractivity contribution is 5.94. The van der Waals surface area contributed by atoms with Crippen LogP contribution in [0, 0.1) is 0 Å². The fourth-order valence-corrected chi connectivity index (χ4v) is 2.02. The topological polar surface area (TPSA) is 62.7 Å². The second-order valence-electron chi connectivity index (χ2n) is 4.53. The number of ether oxygens (including phenoxy) is 1. The van der Waals surface area contributed by atoms with E-state index in [0.717, 1.165) is 5.69 Å². The molecule has 0 saturated carbocycles. The Morgan fingerprint density at radius 3 is 2.71 bits per heavy atom. The number of phenolic OH excluding ortho intramolecular Hbond substituents is 1. The zero-order chi connectivity index (χ0) is 15.2. The van der Waals surface area contributed by atoms with Crippen LogP contribution in [0.4, 0.5) is 0 Å². The van der Waals surface area contributed by atoms with Gasteiger partial charge in [-0.05, 0) is 37.3 Å². The molecule has 0 radical (unpaired) electrons. The molecule has 0 fully saturated rings. The Morgan fingerprint density at radius 2 is 2.14 bits per heavy atom. The van der Waals surface area contributed by atoms with E-state index in [1.54, 1.807) is 23.2 Å². The van der Waals surface area contributed by atoms with Gasteiger partial charge in [0.15, 0.2) is 11.5 Å². The van der Waals surface area contributed by atoms with Crippen LogP contribution in [0.5, 0.6) is 11.5 Å². The van der Waals surface area contributed by atoms with Gasteiger partial charge in [0, 0.05) is 18.3 Å². The summed E-state index contributed by atoms with van der Waals surface area (Å²) in [4.78, 5) is 18.4. The SMILES string of the molecule is CCN(Cc1ccccn1)C(=O)c1ccc(OC)c(O)c1. The fourth-order valence-electron chi connectivity index (χ4n) is 2.02. The van der Waals surface area contributed by atoms with Crippen molar-refractivity contribution in [3.8, 4) is 11.5 Å². The van der Waals surface area contributed by atoms with Crippen molar-refractivity contribution >= 4 is 5.91 Å². The first-order valence-electron chi connectivity index (χ1n) is 6.72. The first kappa shape index (κ1) is 14.8. The molecule has 1 aromatic carbocycles. The van der Waals surface area contributed by atoms with Crippen LogP contribution in [0.2, 0.25) is 0 Å². The van der Waals surface area contributed by atoms with E-state index in [1.807, 2.05) is 25.1 Å². The lowest BCUT2D eigenvalue weighted by molar-refractivity contribution is 0.0750. The number of carbonyl (C=O) groups excluding carboxylic acids is 1. The maximum atomic E-state index is 12.5. The van der Waals surface area contributed by atoms with Crippen molar-refractivity contribution in [2.45, 2.75) is 13.5 Å². The van der Waals surface area contributed by atoms with Crippen LogP contribution >= 0.6 is 0 Å². The standard InChI is InChI=1S/C16H18N2O3/c1-3-18(11-13-6-4-5-9-17-13)16(20)12-7-8-15(21-2)14(19)10-12/h4-10,19H,3,11H2,1-2H3. The number of methoxy groups -OCH3 is 1. The van der Waals surface area contributed by atoms with Gasteiger partial charge in [-0.1, -0.05) is 6.07 Å². The van der Waals surface area contributed by atoms with E-state index in [2.05, 4.69) is 4.98 Å². The van der Waals surface area contributed by atoms with Gasteiger partial charge in [0.2, 0.25) is 0 Å². The van der Waals surface area contributed by atoms with E-state index in [0.29, 0.717) is 24.4 Å². The van der Waals surface area contributed by atoms with Crippen molar-refractivity contribution < 1.29 is 14.6 Å². The van der Waals surface area contributed by atoms with Gasteiger partial charge in [-0.25, -0.2) is 0 Å². The molecule has 0 saturated heterocycles. The van der Waals surface area contributed by atoms with Gasteiger partial charge in [-0.15, -0.1) is 0 Å². The highest BCUT2D eigenvalue weighted by Crippen LogP contribution is 2.26. The van der Waals surface area contributed by atoms with Crippen molar-refractivity contribution in [2.75, 3.05) is 13.7 Å². The van der Waals surface area contributed by atoms with Crippen LogP contribution in [0.3, 0.4) is 0 Å². The molecule has 21 heavy (non-hydrogen) atoms. The molecule has 2 aromatic rings. The minimum Gasteiger partial charge on any atom is -0.504 e. The Morgan fingerprint density at radius 1 is 1.33 bits per heavy atom. The Labute approximate surface area is 123 Å². The third kappa shape index (κ3) is 3.51. The number of amides is 1. The number of phenols is 1. The molecule has 0 aliphatic rings. The highest BCUT2D eigenvalue weighted by Gasteiger charge is 2.16. The van der Waals surface area contributed by atoms with Crippen molar-refractivity contribution in [3.63, 3.8) is 0 Å². The second kappa shape index (κ2) is 6.74. The number of carbonyl (C=O) groups is 1. The summed E-state index contributed by atoms with van der Waals surface area (Å²) in [6.45, 7) is 2.90. The molecule has 2 rings (SSSR count). The second-order valence-corrected chi connectivity index (χ2v) is 4.53. The van der Waals surface area contributed by atoms with Crippen molar-refractivity contribution in [1.82, 2.24) is 9.88 Å². The molecule has 0 unspecified atom stereocenters. The predicted molar refractivity (Wildman–Crippen MR) is 79.3 cm³/mol. The van der Waals surface area contributed by atoms with Gasteiger partial charge in [-0.2, -0.15) is 0 Å². The lowest BCUT2D eigenvalue weighted by atomic mass is 10.1. The Hall–Kier alpha value is -2.56. The first-order chi connectivity index (χ1) is 10.2. The summed E-state index contributed by atoms with van der Waals surface area (Å²) < 4.78 is 4.98. The Balaban J connectivity index is 2.18. The number of pyridine rings is 1. The van der Waals surface area contributed by atoms with E-state index in [-0.39, 0.29) is 11.7 Å². The number of aromatic nitrogens is 1. The van der Waals surface area contributed by atoms with Crippen LogP contribution in [0.15, 0.2) is 42.6 Å². The summed E-state index contributed by atoms with van der Waals surface area (Å²) in [6.07, 6.45) is 1.70. The summed E-state index contributed by atoms with van der Waals surface area (Å²) in [7, 11) is 1.47. The molecular weight excluding hydrogens is 268 g/mol. The maximum Gasteiger partial charge on any atom is 0.254 e. The van der Waals surface area contributed by atoms with E-state index in [9.17, 15) is 9.90 Å². The van der Waals surface area contributed by atoms with Crippen molar-refractivity contribution in [3.05, 3.63) is 53.9 Å². The number of hydrogen-bond donors (Lipinski definition) is 1. The molecule has 5 nitrogen and oxygen atoms in total. The zero-order valence-corrected chi connectivity index (χ0v) is 12.1. The molecule has 1 N–H and O–H groups in total. The van der Waals surface area contributed by atoms with Gasteiger partial charge in [0.25, 0.3) is 5.91 Å². The molecule has 0 atom stereocenters. The molecule has 1 amide bonds. The van der Waals surface area contributed by atoms with E-state index in [1.165, 1.54) is 13.2 Å². The van der Waals surface area contributed by atoms with Crippen LogP contribution < -0.4 is 4.74 Å². The number of aromatic hydroxyl groups is 1. The number of rotatable bonds is 5. The third-order valence-electron chi connectivity index (χ3n) is 3.17. The molecule has 0 bridgehead atoms. The van der Waals surface area contributed by atoms with Crippen LogP contribution in [-0.2, 0) is 6.54 Å². The predicted octanol–water partition coefficient (Wildman–Crippen LogP) is 2.46. The summed E-state index contributed by atoms with van der Waals surface area (Å²) in [6, 6.07) is 10.2. The number of nitrogens with zero attached hydrogens (tertiary/aromatic N) is 2. The smallest absolute Gasteiger partial charge is 0.254 e. The van der Waals surface area contributed by atoms with E-state index in [4.69, 9.17) is 4.74 Å². The van der Waals surface area contributed by atoms with Crippen LogP contribution in [0.25, 0.3) is 0 Å². The highest BCUT2D eigenvalue weighted by atomic mass is 16.5. The Bertz CT molecular complexity index is 614. The largest absolute Gasteiger partial charge is 0.504 e. The van der Waals surface area contributed by atoms with Crippen LogP contribution in [0.1, 0.15) is 23.0 Å². The lowest BCUT2D eigenvalue weighted by Crippen LogP contribution is -2.30. The monoisotopic (exact) mass is 286 g/mol. The summed E-state index contributed by atoms with van der Waals surface area (Å²) in [5, 5.41) is 9.78. The minimum atomic E-state index is -0.152. The average molecular weight is 286 g/mol. The van der Waals surface area contributed by atoms with Crippen LogP contribution in [-0.4, -0.2) is 34.6 Å². The third-order valence-corrected chi connectivity index (χ3v) is 3.17. The number of benzene rings is 1. The summed E-state index contributed by atoms with van der Waals surface area (Å²) in [5.74, 6) is 0.151. The lowest BCUT2D eigenvalue weighted by Gasteiger charge is -2.20. The van der Waals surface area contributed by atoms with Gasteiger partial charge in [0.05, 0.1) is 19.3 Å². The Kier molecular flexibility index (Phi) is 4.77. The van der Waals surface area contributed by atoms with Crippen molar-refractivity contribution in [1.29, 1.82) is 0 Å². The molecular formula is C16H18N2O3. The molecule has 1 heterocycles. The van der Waals surface area contributed by atoms with Gasteiger partial charge in [0.1, 0.15) is 0 Å². The van der Waals surface area contributed by atoms with Crippen molar-refractivity contribution in [2.24, 2.45) is 0 Å². The van der Waals surface area contributed by atoms with Gasteiger partial charge < -0.3 is 14.7 Å². The molecule has 5 heteroatoms. The minimum absolute atomic E-state index is 0.0442. The van der Waals surface area contributed by atoms with Gasteiger partial charge in [-0.3, -0.25) is 9.78 Å². The molecule has 0 aliphatic heterocycles. The molecule has 1 aromatic heterocycles. The zero-order valence-electron chi connectivity index (χ0n) is 12.1. The molecule has 0 spiro atoms. The van der Waals surface area contributed by atoms with E-state index < -0.39 is 0 Å². The summed E-state index contributed by atoms with van der Waals surface area (Å²) in [5.41, 5.74) is 1.25. The number of hydrogen-bond acceptors (Lipinski definition) is 4. The molecule has 0 aliphatic carbocycles. The molecule has 110 valence electrons. The van der Waals surface area contributed by atoms with E-state index >= 15 is 0 Å². The first-order valence-corrected chi connectivity index (χ1v) is 6.72.